The molecule has 8 nitrogen and oxygen atoms in total. The normalized spacial score (nSPS) is 16.1. The van der Waals surface area contributed by atoms with E-state index in [2.05, 4.69) is 11.9 Å². The maximum Gasteiger partial charge on any atom is 0.309 e. The van der Waals surface area contributed by atoms with Gasteiger partial charge in [-0.05, 0) is 64.2 Å². The highest BCUT2D eigenvalue weighted by Crippen LogP contribution is 2.45. The molecule has 1 N–H and O–H groups in total. The van der Waals surface area contributed by atoms with E-state index < -0.39 is 23.0 Å². The van der Waals surface area contributed by atoms with Gasteiger partial charge in [0.15, 0.2) is 0 Å². The predicted molar refractivity (Wildman–Crippen MR) is 150 cm³/mol. The van der Waals surface area contributed by atoms with Crippen molar-refractivity contribution in [2.45, 2.75) is 97.3 Å². The number of carbonyl (C=O) groups excluding carboxylic acids is 3. The summed E-state index contributed by atoms with van der Waals surface area (Å²) in [5, 5.41) is 3.08. The molecule has 0 aromatic heterocycles. The number of rotatable bonds is 16. The van der Waals surface area contributed by atoms with Crippen molar-refractivity contribution in [1.29, 1.82) is 0 Å². The molecule has 2 atom stereocenters. The molecule has 0 spiro atoms. The quantitative estimate of drug-likeness (QED) is 0.215. The average molecular weight is 546 g/mol. The Morgan fingerprint density at radius 3 is 2.51 bits per heavy atom. The van der Waals surface area contributed by atoms with Gasteiger partial charge in [0.25, 0.3) is 0 Å². The molecule has 39 heavy (non-hydrogen) atoms. The Hall–Kier alpha value is -2.87. The highest BCUT2D eigenvalue weighted by atomic mass is 16.6. The van der Waals surface area contributed by atoms with Crippen molar-refractivity contribution in [2.24, 2.45) is 11.3 Å². The Morgan fingerprint density at radius 1 is 1.18 bits per heavy atom. The molecule has 1 aliphatic rings. The summed E-state index contributed by atoms with van der Waals surface area (Å²) in [7, 11) is 1.60. The fraction of sp³-hybridized carbons (Fsp3) is 0.645. The summed E-state index contributed by atoms with van der Waals surface area (Å²) in [4.78, 5) is 39.3. The molecule has 1 aromatic rings. The smallest absolute Gasteiger partial charge is 0.309 e. The summed E-state index contributed by atoms with van der Waals surface area (Å²) in [5.74, 6) is -0.476. The summed E-state index contributed by atoms with van der Waals surface area (Å²) in [5.41, 5.74) is -0.362. The van der Waals surface area contributed by atoms with E-state index >= 15 is 0 Å². The average Bonchev–Trinajstić information content (AvgIpc) is 3.36. The monoisotopic (exact) mass is 545 g/mol. The molecule has 218 valence electrons. The molecule has 1 amide bonds. The van der Waals surface area contributed by atoms with Crippen molar-refractivity contribution in [2.75, 3.05) is 20.3 Å². The summed E-state index contributed by atoms with van der Waals surface area (Å²) in [6, 6.07) is 6.96. The van der Waals surface area contributed by atoms with Gasteiger partial charge in [0.1, 0.15) is 18.0 Å². The van der Waals surface area contributed by atoms with Gasteiger partial charge in [-0.15, -0.1) is 0 Å². The van der Waals surface area contributed by atoms with Gasteiger partial charge in [0, 0.05) is 0 Å². The Morgan fingerprint density at radius 2 is 1.90 bits per heavy atom. The van der Waals surface area contributed by atoms with E-state index in [0.717, 1.165) is 30.6 Å². The minimum Gasteiger partial charge on any atom is -0.497 e. The first-order chi connectivity index (χ1) is 18.5. The van der Waals surface area contributed by atoms with Gasteiger partial charge < -0.3 is 24.3 Å². The van der Waals surface area contributed by atoms with Crippen LogP contribution in [-0.2, 0) is 35.2 Å². The fourth-order valence-electron chi connectivity index (χ4n) is 5.07. The molecule has 2 rings (SSSR count). The number of esters is 2. The van der Waals surface area contributed by atoms with Crippen LogP contribution in [0.4, 0.5) is 0 Å². The first-order valence-electron chi connectivity index (χ1n) is 14.0. The van der Waals surface area contributed by atoms with Crippen LogP contribution in [0.1, 0.15) is 84.6 Å². The van der Waals surface area contributed by atoms with Crippen molar-refractivity contribution >= 4 is 17.8 Å². The lowest BCUT2D eigenvalue weighted by Crippen LogP contribution is -2.48. The third-order valence-electron chi connectivity index (χ3n) is 6.89. The number of methoxy groups -OCH3 is 1. The first kappa shape index (κ1) is 32.3. The Balaban J connectivity index is 2.15. The first-order valence-corrected chi connectivity index (χ1v) is 14.0. The van der Waals surface area contributed by atoms with Crippen molar-refractivity contribution in [1.82, 2.24) is 5.32 Å². The SMILES string of the molecule is C=CCOC(=O)C[C@@H](COCc1cccc(OC)c1)NC(=O)C1(C[C@@H](CCC)C(=O)OC(C)(C)C)CCCC1. The van der Waals surface area contributed by atoms with E-state index in [1.165, 1.54) is 6.08 Å². The van der Waals surface area contributed by atoms with E-state index in [1.54, 1.807) is 7.11 Å². The van der Waals surface area contributed by atoms with Gasteiger partial charge in [-0.25, -0.2) is 0 Å². The van der Waals surface area contributed by atoms with Gasteiger partial charge in [-0.3, -0.25) is 14.4 Å². The van der Waals surface area contributed by atoms with E-state index in [0.29, 0.717) is 32.3 Å². The molecule has 1 aliphatic carbocycles. The highest BCUT2D eigenvalue weighted by Gasteiger charge is 2.45. The van der Waals surface area contributed by atoms with Crippen LogP contribution < -0.4 is 10.1 Å². The molecule has 0 saturated heterocycles. The van der Waals surface area contributed by atoms with Gasteiger partial charge in [0.05, 0.1) is 44.1 Å². The number of benzene rings is 1. The molecule has 1 fully saturated rings. The van der Waals surface area contributed by atoms with E-state index in [4.69, 9.17) is 18.9 Å². The van der Waals surface area contributed by atoms with Crippen molar-refractivity contribution in [3.63, 3.8) is 0 Å². The van der Waals surface area contributed by atoms with Gasteiger partial charge >= 0.3 is 11.9 Å². The van der Waals surface area contributed by atoms with Gasteiger partial charge in [-0.2, -0.15) is 0 Å². The molecular formula is C31H47NO7. The molecular weight excluding hydrogens is 498 g/mol. The third kappa shape index (κ3) is 11.0. The molecule has 8 heteroatoms. The predicted octanol–water partition coefficient (Wildman–Crippen LogP) is 5.52. The zero-order valence-corrected chi connectivity index (χ0v) is 24.4. The second-order valence-corrected chi connectivity index (χ2v) is 11.4. The summed E-state index contributed by atoms with van der Waals surface area (Å²) < 4.78 is 22.1. The standard InChI is InChI=1S/C31H47NO7/c1-7-12-24(28(34)39-30(3,4)5)20-31(15-9-10-16-31)29(35)32-25(19-27(33)38-17-8-2)22-37-21-23-13-11-14-26(18-23)36-6/h8,11,13-14,18,24-25H,2,7,9-10,12,15-17,19-22H2,1,3-6H3,(H,32,35)/t24-,25+/m1/s1. The molecule has 0 bridgehead atoms. The van der Waals surface area contributed by atoms with Gasteiger partial charge in [-0.1, -0.05) is 51.0 Å². The van der Waals surface area contributed by atoms with E-state index in [1.807, 2.05) is 52.0 Å². The fourth-order valence-corrected chi connectivity index (χ4v) is 5.07. The Labute approximate surface area is 233 Å². The zero-order chi connectivity index (χ0) is 28.9. The van der Waals surface area contributed by atoms with Crippen LogP contribution in [-0.4, -0.2) is 49.8 Å². The number of ether oxygens (including phenoxy) is 4. The third-order valence-corrected chi connectivity index (χ3v) is 6.89. The lowest BCUT2D eigenvalue weighted by molar-refractivity contribution is -0.162. The minimum absolute atomic E-state index is 0.0295. The number of nitrogens with one attached hydrogen (secondary N) is 1. The van der Waals surface area contributed by atoms with Crippen molar-refractivity contribution in [3.05, 3.63) is 42.5 Å². The summed E-state index contributed by atoms with van der Waals surface area (Å²) >= 11 is 0. The van der Waals surface area contributed by atoms with Crippen molar-refractivity contribution < 1.29 is 33.3 Å². The van der Waals surface area contributed by atoms with Crippen molar-refractivity contribution in [3.8, 4) is 5.75 Å². The zero-order valence-electron chi connectivity index (χ0n) is 24.4. The highest BCUT2D eigenvalue weighted by molar-refractivity contribution is 5.85. The number of hydrogen-bond acceptors (Lipinski definition) is 7. The second kappa shape index (κ2) is 15.7. The lowest BCUT2D eigenvalue weighted by Gasteiger charge is -2.34. The molecule has 1 aromatic carbocycles. The maximum atomic E-state index is 13.8. The van der Waals surface area contributed by atoms with Gasteiger partial charge in [0.2, 0.25) is 5.91 Å². The number of amides is 1. The van der Waals surface area contributed by atoms with Crippen LogP contribution in [0, 0.1) is 11.3 Å². The van der Waals surface area contributed by atoms with Crippen LogP contribution in [0.15, 0.2) is 36.9 Å². The largest absolute Gasteiger partial charge is 0.497 e. The minimum atomic E-state index is -0.688. The molecule has 1 saturated carbocycles. The van der Waals surface area contributed by atoms with Crippen LogP contribution in [0.3, 0.4) is 0 Å². The number of hydrogen-bond donors (Lipinski definition) is 1. The van der Waals surface area contributed by atoms with Crippen LogP contribution in [0.5, 0.6) is 5.75 Å². The summed E-state index contributed by atoms with van der Waals surface area (Å²) in [6.45, 7) is 11.7. The van der Waals surface area contributed by atoms with E-state index in [9.17, 15) is 14.4 Å². The maximum absolute atomic E-state index is 13.8. The second-order valence-electron chi connectivity index (χ2n) is 11.4. The Bertz CT molecular complexity index is 947. The molecule has 0 aliphatic heterocycles. The molecule has 0 unspecified atom stereocenters. The van der Waals surface area contributed by atoms with Crippen LogP contribution >= 0.6 is 0 Å². The van der Waals surface area contributed by atoms with E-state index in [-0.39, 0.29) is 37.4 Å². The lowest BCUT2D eigenvalue weighted by atomic mass is 9.75. The van der Waals surface area contributed by atoms with Crippen LogP contribution in [0.2, 0.25) is 0 Å². The topological polar surface area (TPSA) is 100 Å². The summed E-state index contributed by atoms with van der Waals surface area (Å²) in [6.07, 6.45) is 6.60. The molecule has 0 heterocycles. The Kier molecular flexibility index (Phi) is 13.0. The number of carbonyl (C=O) groups is 3. The van der Waals surface area contributed by atoms with Crippen LogP contribution in [0.25, 0.3) is 0 Å². The molecule has 0 radical (unpaired) electrons.